The van der Waals surface area contributed by atoms with E-state index in [9.17, 15) is 4.79 Å². The zero-order valence-electron chi connectivity index (χ0n) is 12.2. The summed E-state index contributed by atoms with van der Waals surface area (Å²) in [5.41, 5.74) is 0.380. The summed E-state index contributed by atoms with van der Waals surface area (Å²) in [6.07, 6.45) is 4.52. The van der Waals surface area contributed by atoms with Gasteiger partial charge in [0.1, 0.15) is 17.1 Å². The highest BCUT2D eigenvalue weighted by Gasteiger charge is 2.14. The van der Waals surface area contributed by atoms with Crippen molar-refractivity contribution in [3.63, 3.8) is 0 Å². The molecule has 110 valence electrons. The van der Waals surface area contributed by atoms with Crippen molar-refractivity contribution in [3.05, 3.63) is 36.4 Å². The summed E-state index contributed by atoms with van der Waals surface area (Å²) in [6.45, 7) is 6.84. The Labute approximate surface area is 120 Å². The maximum absolute atomic E-state index is 11.8. The van der Waals surface area contributed by atoms with Gasteiger partial charge in [-0.3, -0.25) is 0 Å². The van der Waals surface area contributed by atoms with Gasteiger partial charge in [0.25, 0.3) is 0 Å². The van der Waals surface area contributed by atoms with Crippen LogP contribution in [0.25, 0.3) is 0 Å². The van der Waals surface area contributed by atoms with Gasteiger partial charge in [-0.05, 0) is 31.0 Å². The van der Waals surface area contributed by atoms with Gasteiger partial charge in [0.15, 0.2) is 0 Å². The monoisotopic (exact) mass is 278 g/mol. The Morgan fingerprint density at radius 3 is 2.75 bits per heavy atom. The van der Waals surface area contributed by atoms with E-state index in [0.29, 0.717) is 30.3 Å². The third-order valence-electron chi connectivity index (χ3n) is 2.70. The number of hydrogen-bond donors (Lipinski definition) is 0. The molecular formula is C16H22O4. The highest BCUT2D eigenvalue weighted by molar-refractivity contribution is 5.92. The molecule has 0 N–H and O–H groups in total. The lowest BCUT2D eigenvalue weighted by atomic mass is 10.2. The third kappa shape index (κ3) is 4.96. The summed E-state index contributed by atoms with van der Waals surface area (Å²) in [5.74, 6) is 0.719. The Bertz CT molecular complexity index is 440. The fourth-order valence-electron chi connectivity index (χ4n) is 1.58. The van der Waals surface area contributed by atoms with Crippen LogP contribution in [0.1, 0.15) is 36.5 Å². The molecular weight excluding hydrogens is 256 g/mol. The number of benzene rings is 1. The average Bonchev–Trinajstić information content (AvgIpc) is 2.48. The van der Waals surface area contributed by atoms with Crippen molar-refractivity contribution >= 4 is 5.97 Å². The average molecular weight is 278 g/mol. The molecule has 0 aliphatic heterocycles. The molecule has 0 aliphatic rings. The number of methoxy groups -OCH3 is 1. The Hall–Kier alpha value is -1.97. The summed E-state index contributed by atoms with van der Waals surface area (Å²) in [5, 5.41) is 0. The first-order valence-corrected chi connectivity index (χ1v) is 6.81. The standard InChI is InChI=1S/C16H22O4/c1-4-6-10-19-13-8-9-15(20-11-7-5-2)14(12-13)16(17)18-3/h5,8-9,12H,2,4,6-7,10-11H2,1,3H3. The number of hydrogen-bond acceptors (Lipinski definition) is 4. The minimum atomic E-state index is -0.431. The van der Waals surface area contributed by atoms with Gasteiger partial charge in [0.2, 0.25) is 0 Å². The molecule has 0 aliphatic carbocycles. The van der Waals surface area contributed by atoms with Gasteiger partial charge < -0.3 is 14.2 Å². The van der Waals surface area contributed by atoms with Crippen LogP contribution in [-0.2, 0) is 4.74 Å². The summed E-state index contributed by atoms with van der Waals surface area (Å²) in [7, 11) is 1.35. The zero-order valence-corrected chi connectivity index (χ0v) is 12.2. The van der Waals surface area contributed by atoms with E-state index < -0.39 is 5.97 Å². The van der Waals surface area contributed by atoms with E-state index in [-0.39, 0.29) is 0 Å². The van der Waals surface area contributed by atoms with Crippen LogP contribution in [0.3, 0.4) is 0 Å². The molecule has 0 unspecified atom stereocenters. The Balaban J connectivity index is 2.82. The highest BCUT2D eigenvalue weighted by Crippen LogP contribution is 2.25. The molecule has 0 heterocycles. The second-order valence-corrected chi connectivity index (χ2v) is 4.28. The summed E-state index contributed by atoms with van der Waals surface area (Å²) in [4.78, 5) is 11.8. The maximum Gasteiger partial charge on any atom is 0.341 e. The molecule has 0 saturated carbocycles. The van der Waals surface area contributed by atoms with Crippen molar-refractivity contribution in [1.82, 2.24) is 0 Å². The maximum atomic E-state index is 11.8. The van der Waals surface area contributed by atoms with Crippen LogP contribution < -0.4 is 9.47 Å². The largest absolute Gasteiger partial charge is 0.494 e. The second kappa shape index (κ2) is 9.02. The predicted octanol–water partition coefficient (Wildman–Crippen LogP) is 3.61. The topological polar surface area (TPSA) is 44.8 Å². The lowest BCUT2D eigenvalue weighted by Gasteiger charge is -2.12. The van der Waals surface area contributed by atoms with Crippen LogP contribution in [0.5, 0.6) is 11.5 Å². The van der Waals surface area contributed by atoms with Gasteiger partial charge in [-0.1, -0.05) is 19.4 Å². The van der Waals surface area contributed by atoms with Gasteiger partial charge in [0.05, 0.1) is 20.3 Å². The minimum Gasteiger partial charge on any atom is -0.494 e. The van der Waals surface area contributed by atoms with Crippen molar-refractivity contribution in [2.45, 2.75) is 26.2 Å². The first-order valence-electron chi connectivity index (χ1n) is 6.81. The van der Waals surface area contributed by atoms with Crippen LogP contribution in [0.2, 0.25) is 0 Å². The molecule has 1 aromatic carbocycles. The van der Waals surface area contributed by atoms with E-state index in [1.165, 1.54) is 7.11 Å². The normalized spacial score (nSPS) is 9.90. The van der Waals surface area contributed by atoms with Crippen molar-refractivity contribution in [2.75, 3.05) is 20.3 Å². The van der Waals surface area contributed by atoms with Crippen LogP contribution in [-0.4, -0.2) is 26.3 Å². The predicted molar refractivity (Wildman–Crippen MR) is 78.5 cm³/mol. The quantitative estimate of drug-likeness (QED) is 0.393. The highest BCUT2D eigenvalue weighted by atomic mass is 16.5. The number of carbonyl (C=O) groups excluding carboxylic acids is 1. The van der Waals surface area contributed by atoms with Crippen molar-refractivity contribution in [3.8, 4) is 11.5 Å². The first-order chi connectivity index (χ1) is 9.72. The number of unbranched alkanes of at least 4 members (excludes halogenated alkanes) is 1. The van der Waals surface area contributed by atoms with E-state index in [2.05, 4.69) is 13.5 Å². The second-order valence-electron chi connectivity index (χ2n) is 4.28. The molecule has 0 spiro atoms. The van der Waals surface area contributed by atoms with Crippen LogP contribution >= 0.6 is 0 Å². The SMILES string of the molecule is C=CCCOc1ccc(OCCCC)cc1C(=O)OC. The van der Waals surface area contributed by atoms with Crippen LogP contribution in [0.15, 0.2) is 30.9 Å². The van der Waals surface area contributed by atoms with E-state index in [0.717, 1.165) is 19.3 Å². The molecule has 4 heteroatoms. The van der Waals surface area contributed by atoms with Gasteiger partial charge in [-0.25, -0.2) is 4.79 Å². The summed E-state index contributed by atoms with van der Waals surface area (Å²) < 4.78 is 15.9. The Morgan fingerprint density at radius 1 is 1.30 bits per heavy atom. The van der Waals surface area contributed by atoms with Gasteiger partial charge in [-0.2, -0.15) is 0 Å². The molecule has 0 bridgehead atoms. The lowest BCUT2D eigenvalue weighted by molar-refractivity contribution is 0.0595. The van der Waals surface area contributed by atoms with Crippen LogP contribution in [0.4, 0.5) is 0 Å². The molecule has 20 heavy (non-hydrogen) atoms. The van der Waals surface area contributed by atoms with Gasteiger partial charge in [-0.15, -0.1) is 6.58 Å². The number of ether oxygens (including phenoxy) is 3. The smallest absolute Gasteiger partial charge is 0.341 e. The van der Waals surface area contributed by atoms with Crippen molar-refractivity contribution in [1.29, 1.82) is 0 Å². The minimum absolute atomic E-state index is 0.380. The molecule has 0 aromatic heterocycles. The molecule has 0 atom stereocenters. The Kier molecular flexibility index (Phi) is 7.25. The van der Waals surface area contributed by atoms with E-state index in [1.807, 2.05) is 0 Å². The zero-order chi connectivity index (χ0) is 14.8. The van der Waals surface area contributed by atoms with Crippen molar-refractivity contribution in [2.24, 2.45) is 0 Å². The molecule has 0 amide bonds. The fourth-order valence-corrected chi connectivity index (χ4v) is 1.58. The number of esters is 1. The van der Waals surface area contributed by atoms with E-state index in [4.69, 9.17) is 14.2 Å². The van der Waals surface area contributed by atoms with Gasteiger partial charge in [0, 0.05) is 0 Å². The molecule has 1 rings (SSSR count). The molecule has 0 radical (unpaired) electrons. The molecule has 1 aromatic rings. The molecule has 0 fully saturated rings. The molecule has 0 saturated heterocycles. The third-order valence-corrected chi connectivity index (χ3v) is 2.70. The van der Waals surface area contributed by atoms with Crippen molar-refractivity contribution < 1.29 is 19.0 Å². The summed E-state index contributed by atoms with van der Waals surface area (Å²) in [6, 6.07) is 5.19. The van der Waals surface area contributed by atoms with E-state index >= 15 is 0 Å². The lowest BCUT2D eigenvalue weighted by Crippen LogP contribution is -2.07. The Morgan fingerprint density at radius 2 is 2.10 bits per heavy atom. The number of rotatable bonds is 9. The first kappa shape index (κ1) is 16.1. The summed E-state index contributed by atoms with van der Waals surface area (Å²) >= 11 is 0. The van der Waals surface area contributed by atoms with E-state index in [1.54, 1.807) is 24.3 Å². The molecule has 4 nitrogen and oxygen atoms in total. The van der Waals surface area contributed by atoms with Gasteiger partial charge >= 0.3 is 5.97 Å². The van der Waals surface area contributed by atoms with Crippen LogP contribution in [0, 0.1) is 0 Å². The fraction of sp³-hybridized carbons (Fsp3) is 0.438. The number of carbonyl (C=O) groups is 1.